The Bertz CT molecular complexity index is 656. The fraction of sp³-hybridized carbons (Fsp3) is 0.500. The van der Waals surface area contributed by atoms with Crippen LogP contribution in [0.15, 0.2) is 18.2 Å². The van der Waals surface area contributed by atoms with Gasteiger partial charge < -0.3 is 0 Å². The molecular weight excluding hydrogens is 309 g/mol. The summed E-state index contributed by atoms with van der Waals surface area (Å²) in [5, 5.41) is 0.598. The van der Waals surface area contributed by atoms with Gasteiger partial charge in [-0.2, -0.15) is 0 Å². The van der Waals surface area contributed by atoms with Crippen LogP contribution in [0.2, 0.25) is 10.0 Å². The van der Waals surface area contributed by atoms with E-state index in [1.54, 1.807) is 18.2 Å². The standard InChI is InChI=1S/C16H17Cl2NO2/c1-15(2)9-7-8-16(15,3)14(21)19(13(9)20)11-6-4-5-10(17)12(11)18/h4-6,9H,7-8H2,1-3H3. The lowest BCUT2D eigenvalue weighted by atomic mass is 9.62. The Labute approximate surface area is 134 Å². The fourth-order valence-electron chi connectivity index (χ4n) is 3.71. The highest BCUT2D eigenvalue weighted by Crippen LogP contribution is 2.60. The normalized spacial score (nSPS) is 30.9. The van der Waals surface area contributed by atoms with Crippen LogP contribution in [-0.4, -0.2) is 11.8 Å². The zero-order valence-electron chi connectivity index (χ0n) is 12.2. The molecule has 3 rings (SSSR count). The van der Waals surface area contributed by atoms with Crippen LogP contribution >= 0.6 is 23.2 Å². The lowest BCUT2D eigenvalue weighted by Crippen LogP contribution is -2.59. The first kappa shape index (κ1) is 14.9. The van der Waals surface area contributed by atoms with Crippen molar-refractivity contribution in [2.75, 3.05) is 4.90 Å². The molecule has 0 aromatic heterocycles. The molecule has 0 radical (unpaired) electrons. The van der Waals surface area contributed by atoms with Crippen LogP contribution in [0, 0.1) is 16.7 Å². The van der Waals surface area contributed by atoms with E-state index >= 15 is 0 Å². The van der Waals surface area contributed by atoms with Crippen molar-refractivity contribution in [3.8, 4) is 0 Å². The van der Waals surface area contributed by atoms with Gasteiger partial charge in [0.1, 0.15) is 0 Å². The first-order valence-electron chi connectivity index (χ1n) is 7.04. The van der Waals surface area contributed by atoms with Gasteiger partial charge in [-0.25, -0.2) is 4.90 Å². The van der Waals surface area contributed by atoms with Crippen molar-refractivity contribution in [3.63, 3.8) is 0 Å². The van der Waals surface area contributed by atoms with Crippen LogP contribution in [0.5, 0.6) is 0 Å². The number of hydrogen-bond donors (Lipinski definition) is 0. The van der Waals surface area contributed by atoms with Crippen molar-refractivity contribution in [2.45, 2.75) is 33.6 Å². The summed E-state index contributed by atoms with van der Waals surface area (Å²) in [6, 6.07) is 5.02. The summed E-state index contributed by atoms with van der Waals surface area (Å²) < 4.78 is 0. The van der Waals surface area contributed by atoms with E-state index in [0.717, 1.165) is 12.8 Å². The summed E-state index contributed by atoms with van der Waals surface area (Å²) in [5.41, 5.74) is -0.479. The maximum absolute atomic E-state index is 13.0. The number of imide groups is 1. The highest BCUT2D eigenvalue weighted by molar-refractivity contribution is 6.44. The molecule has 2 aliphatic rings. The number of nitrogens with zero attached hydrogens (tertiary/aromatic N) is 1. The van der Waals surface area contributed by atoms with E-state index in [9.17, 15) is 9.59 Å². The van der Waals surface area contributed by atoms with Crippen LogP contribution < -0.4 is 4.90 Å². The molecule has 1 saturated heterocycles. The third-order valence-electron chi connectivity index (χ3n) is 5.59. The molecule has 3 nitrogen and oxygen atoms in total. The molecule has 1 aromatic carbocycles. The lowest BCUT2D eigenvalue weighted by molar-refractivity contribution is -0.146. The van der Waals surface area contributed by atoms with Crippen molar-refractivity contribution in [3.05, 3.63) is 28.2 Å². The van der Waals surface area contributed by atoms with E-state index < -0.39 is 5.41 Å². The first-order chi connectivity index (χ1) is 9.72. The number of halogens is 2. The van der Waals surface area contributed by atoms with Crippen LogP contribution in [0.1, 0.15) is 33.6 Å². The Kier molecular flexibility index (Phi) is 3.16. The topological polar surface area (TPSA) is 37.4 Å². The second-order valence-electron chi connectivity index (χ2n) is 6.70. The predicted molar refractivity (Wildman–Crippen MR) is 83.6 cm³/mol. The lowest BCUT2D eigenvalue weighted by Gasteiger charge is -2.47. The number of amides is 2. The minimum absolute atomic E-state index is 0.157. The number of carbonyl (C=O) groups is 2. The zero-order valence-corrected chi connectivity index (χ0v) is 13.8. The number of carbonyl (C=O) groups excluding carboxylic acids is 2. The maximum atomic E-state index is 13.0. The molecule has 1 aliphatic carbocycles. The van der Waals surface area contributed by atoms with Crippen molar-refractivity contribution in [2.24, 2.45) is 16.7 Å². The van der Waals surface area contributed by atoms with Gasteiger partial charge >= 0.3 is 0 Å². The number of fused-ring (bicyclic) bond motifs is 2. The molecule has 1 saturated carbocycles. The summed E-state index contributed by atoms with van der Waals surface area (Å²) >= 11 is 12.2. The van der Waals surface area contributed by atoms with Crippen molar-refractivity contribution in [1.29, 1.82) is 0 Å². The monoisotopic (exact) mass is 325 g/mol. The zero-order chi connectivity index (χ0) is 15.6. The summed E-state index contributed by atoms with van der Waals surface area (Å²) in [7, 11) is 0. The van der Waals surface area contributed by atoms with E-state index in [2.05, 4.69) is 0 Å². The summed E-state index contributed by atoms with van der Waals surface area (Å²) in [6.07, 6.45) is 1.46. The van der Waals surface area contributed by atoms with E-state index in [4.69, 9.17) is 23.2 Å². The smallest absolute Gasteiger partial charge is 0.240 e. The highest BCUT2D eigenvalue weighted by Gasteiger charge is 2.64. The van der Waals surface area contributed by atoms with E-state index in [1.165, 1.54) is 4.90 Å². The molecule has 21 heavy (non-hydrogen) atoms. The number of anilines is 1. The minimum Gasteiger partial charge on any atom is -0.274 e. The average molecular weight is 326 g/mol. The van der Waals surface area contributed by atoms with Crippen molar-refractivity contribution in [1.82, 2.24) is 0 Å². The fourth-order valence-corrected chi connectivity index (χ4v) is 4.09. The van der Waals surface area contributed by atoms with Gasteiger partial charge in [-0.05, 0) is 30.4 Å². The Morgan fingerprint density at radius 3 is 2.52 bits per heavy atom. The molecule has 2 amide bonds. The van der Waals surface area contributed by atoms with Crippen molar-refractivity contribution < 1.29 is 9.59 Å². The summed E-state index contributed by atoms with van der Waals surface area (Å²) in [5.74, 6) is -0.491. The number of rotatable bonds is 1. The van der Waals surface area contributed by atoms with Crippen LogP contribution in [0.25, 0.3) is 0 Å². The van der Waals surface area contributed by atoms with E-state index in [1.807, 2.05) is 20.8 Å². The van der Waals surface area contributed by atoms with Crippen LogP contribution in [0.3, 0.4) is 0 Å². The molecular formula is C16H17Cl2NO2. The second-order valence-corrected chi connectivity index (χ2v) is 7.48. The largest absolute Gasteiger partial charge is 0.274 e. The number of hydrogen-bond acceptors (Lipinski definition) is 2. The molecule has 5 heteroatoms. The first-order valence-corrected chi connectivity index (χ1v) is 7.80. The predicted octanol–water partition coefficient (Wildman–Crippen LogP) is 4.31. The molecule has 0 N–H and O–H groups in total. The van der Waals surface area contributed by atoms with Gasteiger partial charge in [-0.1, -0.05) is 50.0 Å². The molecule has 1 aromatic rings. The molecule has 1 heterocycles. The molecule has 1 aliphatic heterocycles. The molecule has 112 valence electrons. The second kappa shape index (κ2) is 4.47. The van der Waals surface area contributed by atoms with Gasteiger partial charge in [0.2, 0.25) is 11.8 Å². The third kappa shape index (κ3) is 1.74. The quantitative estimate of drug-likeness (QED) is 0.721. The number of benzene rings is 1. The van der Waals surface area contributed by atoms with Gasteiger partial charge in [0, 0.05) is 5.92 Å². The Morgan fingerprint density at radius 1 is 1.19 bits per heavy atom. The Balaban J connectivity index is 2.16. The molecule has 0 spiro atoms. The van der Waals surface area contributed by atoms with Crippen molar-refractivity contribution >= 4 is 40.7 Å². The number of piperidine rings is 1. The van der Waals surface area contributed by atoms with Crippen LogP contribution in [0.4, 0.5) is 5.69 Å². The Morgan fingerprint density at radius 2 is 1.86 bits per heavy atom. The van der Waals surface area contributed by atoms with Crippen LogP contribution in [-0.2, 0) is 9.59 Å². The van der Waals surface area contributed by atoms with Gasteiger partial charge in [-0.3, -0.25) is 9.59 Å². The molecule has 2 fully saturated rings. The summed E-state index contributed by atoms with van der Waals surface area (Å²) in [6.45, 7) is 5.97. The Hall–Kier alpha value is -1.06. The maximum Gasteiger partial charge on any atom is 0.240 e. The average Bonchev–Trinajstić information content (AvgIpc) is 2.59. The molecule has 2 unspecified atom stereocenters. The van der Waals surface area contributed by atoms with Gasteiger partial charge in [0.25, 0.3) is 0 Å². The summed E-state index contributed by atoms with van der Waals surface area (Å²) in [4.78, 5) is 27.1. The minimum atomic E-state index is -0.544. The van der Waals surface area contributed by atoms with E-state index in [-0.39, 0.29) is 28.2 Å². The van der Waals surface area contributed by atoms with E-state index in [0.29, 0.717) is 10.7 Å². The SMILES string of the molecule is CC12CCC(C(=O)N(c3cccc(Cl)c3Cl)C1=O)C2(C)C. The van der Waals surface area contributed by atoms with Gasteiger partial charge in [0.05, 0.1) is 21.1 Å². The van der Waals surface area contributed by atoms with Gasteiger partial charge in [0.15, 0.2) is 0 Å². The highest BCUT2D eigenvalue weighted by atomic mass is 35.5. The van der Waals surface area contributed by atoms with Gasteiger partial charge in [-0.15, -0.1) is 0 Å². The third-order valence-corrected chi connectivity index (χ3v) is 6.40. The molecule has 2 atom stereocenters. The molecule has 2 bridgehead atoms.